The van der Waals surface area contributed by atoms with Gasteiger partial charge in [-0.25, -0.2) is 0 Å². The van der Waals surface area contributed by atoms with Crippen molar-refractivity contribution in [3.05, 3.63) is 35.4 Å². The van der Waals surface area contributed by atoms with Crippen LogP contribution in [0.5, 0.6) is 0 Å². The molecule has 2 N–H and O–H groups in total. The normalized spacial score (nSPS) is 22.4. The Morgan fingerprint density at radius 3 is 2.52 bits per heavy atom. The number of aliphatic carboxylic acids is 2. The quantitative estimate of drug-likeness (QED) is 0.862. The number of carbonyl (C=O) groups is 2. The van der Waals surface area contributed by atoms with Crippen molar-refractivity contribution < 1.29 is 19.8 Å². The van der Waals surface area contributed by atoms with E-state index in [2.05, 4.69) is 6.07 Å². The van der Waals surface area contributed by atoms with Crippen molar-refractivity contribution in [2.24, 2.45) is 11.8 Å². The third kappa shape index (κ3) is 3.38. The van der Waals surface area contributed by atoms with Crippen LogP contribution in [-0.4, -0.2) is 40.1 Å². The second-order valence-corrected chi connectivity index (χ2v) is 5.18. The molecule has 1 aromatic carbocycles. The Bertz CT molecular complexity index is 594. The highest BCUT2D eigenvalue weighted by molar-refractivity contribution is 5.80. The van der Waals surface area contributed by atoms with Gasteiger partial charge in [-0.05, 0) is 24.6 Å². The van der Waals surface area contributed by atoms with Gasteiger partial charge in [0, 0.05) is 13.1 Å². The number of rotatable bonds is 4. The molecule has 0 bridgehead atoms. The zero-order chi connectivity index (χ0) is 15.4. The zero-order valence-electron chi connectivity index (χ0n) is 11.4. The molecule has 0 amide bonds. The van der Waals surface area contributed by atoms with E-state index in [1.54, 1.807) is 12.1 Å². The highest BCUT2D eigenvalue weighted by atomic mass is 16.4. The van der Waals surface area contributed by atoms with Crippen LogP contribution in [0.4, 0.5) is 0 Å². The van der Waals surface area contributed by atoms with E-state index in [0.29, 0.717) is 25.1 Å². The van der Waals surface area contributed by atoms with E-state index in [9.17, 15) is 14.7 Å². The van der Waals surface area contributed by atoms with Crippen LogP contribution in [0.1, 0.15) is 17.5 Å². The number of hydrogen-bond acceptors (Lipinski definition) is 4. The summed E-state index contributed by atoms with van der Waals surface area (Å²) < 4.78 is 0. The first-order valence-corrected chi connectivity index (χ1v) is 6.69. The molecule has 0 aromatic heterocycles. The van der Waals surface area contributed by atoms with E-state index in [4.69, 9.17) is 10.4 Å². The van der Waals surface area contributed by atoms with Gasteiger partial charge in [-0.15, -0.1) is 0 Å². The average molecular weight is 288 g/mol. The van der Waals surface area contributed by atoms with Crippen LogP contribution >= 0.6 is 0 Å². The largest absolute Gasteiger partial charge is 0.481 e. The Hall–Kier alpha value is -2.39. The number of likely N-dealkylation sites (tertiary alicyclic amines) is 1. The van der Waals surface area contributed by atoms with Crippen molar-refractivity contribution in [1.82, 2.24) is 4.90 Å². The maximum absolute atomic E-state index is 11.2. The fourth-order valence-corrected chi connectivity index (χ4v) is 2.72. The molecule has 6 nitrogen and oxygen atoms in total. The fraction of sp³-hybridized carbons (Fsp3) is 0.400. The summed E-state index contributed by atoms with van der Waals surface area (Å²) in [5.74, 6) is -3.89. The van der Waals surface area contributed by atoms with Gasteiger partial charge in [-0.1, -0.05) is 18.2 Å². The molecule has 0 saturated carbocycles. The summed E-state index contributed by atoms with van der Waals surface area (Å²) in [6.45, 7) is 1.16. The lowest BCUT2D eigenvalue weighted by Gasteiger charge is -2.34. The first-order chi connectivity index (χ1) is 10.0. The molecular weight excluding hydrogens is 272 g/mol. The zero-order valence-corrected chi connectivity index (χ0v) is 11.4. The Kier molecular flexibility index (Phi) is 4.55. The summed E-state index contributed by atoms with van der Waals surface area (Å²) in [6.07, 6.45) is 0.307. The van der Waals surface area contributed by atoms with Gasteiger partial charge < -0.3 is 10.2 Å². The van der Waals surface area contributed by atoms with Crippen molar-refractivity contribution in [1.29, 1.82) is 5.26 Å². The minimum Gasteiger partial charge on any atom is -0.481 e. The third-order valence-electron chi connectivity index (χ3n) is 3.86. The van der Waals surface area contributed by atoms with Gasteiger partial charge in [0.1, 0.15) is 0 Å². The van der Waals surface area contributed by atoms with E-state index >= 15 is 0 Å². The molecule has 21 heavy (non-hydrogen) atoms. The average Bonchev–Trinajstić information content (AvgIpc) is 2.47. The second-order valence-electron chi connectivity index (χ2n) is 5.18. The molecule has 1 fully saturated rings. The van der Waals surface area contributed by atoms with Crippen LogP contribution in [0, 0.1) is 23.2 Å². The van der Waals surface area contributed by atoms with Gasteiger partial charge in [0.2, 0.25) is 0 Å². The molecule has 1 aliphatic heterocycles. The minimum atomic E-state index is -1.08. The van der Waals surface area contributed by atoms with Crippen molar-refractivity contribution in [2.45, 2.75) is 13.0 Å². The highest BCUT2D eigenvalue weighted by Crippen LogP contribution is 2.26. The van der Waals surface area contributed by atoms with Crippen molar-refractivity contribution in [3.63, 3.8) is 0 Å². The maximum Gasteiger partial charge on any atom is 0.308 e. The Balaban J connectivity index is 2.11. The van der Waals surface area contributed by atoms with Crippen LogP contribution < -0.4 is 0 Å². The number of nitriles is 1. The van der Waals surface area contributed by atoms with Crippen LogP contribution in [0.2, 0.25) is 0 Å². The summed E-state index contributed by atoms with van der Waals surface area (Å²) in [7, 11) is 0. The molecule has 0 spiro atoms. The van der Waals surface area contributed by atoms with Gasteiger partial charge in [0.15, 0.2) is 0 Å². The molecule has 6 heteroatoms. The summed E-state index contributed by atoms with van der Waals surface area (Å²) in [6, 6.07) is 9.26. The predicted molar refractivity (Wildman–Crippen MR) is 73.3 cm³/mol. The summed E-state index contributed by atoms with van der Waals surface area (Å²) in [5.41, 5.74) is 1.39. The topological polar surface area (TPSA) is 102 Å². The lowest BCUT2D eigenvalue weighted by Crippen LogP contribution is -2.46. The standard InChI is InChI=1S/C15H16N2O4/c16-7-10-3-1-2-4-11(10)8-17-6-5-12(14(18)19)13(9-17)15(20)21/h1-4,12-13H,5-6,8-9H2,(H,18,19)(H,20,21). The van der Waals surface area contributed by atoms with Gasteiger partial charge in [-0.2, -0.15) is 5.26 Å². The fourth-order valence-electron chi connectivity index (χ4n) is 2.72. The lowest BCUT2D eigenvalue weighted by molar-refractivity contribution is -0.157. The van der Waals surface area contributed by atoms with Crippen LogP contribution in [0.25, 0.3) is 0 Å². The van der Waals surface area contributed by atoms with Gasteiger partial charge in [0.05, 0.1) is 23.5 Å². The Labute approximate surface area is 122 Å². The van der Waals surface area contributed by atoms with Crippen LogP contribution in [0.15, 0.2) is 24.3 Å². The number of hydrogen-bond donors (Lipinski definition) is 2. The van der Waals surface area contributed by atoms with Gasteiger partial charge in [-0.3, -0.25) is 14.5 Å². The number of benzene rings is 1. The molecule has 0 radical (unpaired) electrons. The third-order valence-corrected chi connectivity index (χ3v) is 3.86. The maximum atomic E-state index is 11.2. The van der Waals surface area contributed by atoms with Crippen molar-refractivity contribution in [2.75, 3.05) is 13.1 Å². The van der Waals surface area contributed by atoms with E-state index in [-0.39, 0.29) is 6.54 Å². The smallest absolute Gasteiger partial charge is 0.308 e. The van der Waals surface area contributed by atoms with Gasteiger partial charge in [0.25, 0.3) is 0 Å². The monoisotopic (exact) mass is 288 g/mol. The van der Waals surface area contributed by atoms with E-state index in [1.165, 1.54) is 0 Å². The molecular formula is C15H16N2O4. The van der Waals surface area contributed by atoms with Crippen LogP contribution in [-0.2, 0) is 16.1 Å². The Morgan fingerprint density at radius 2 is 1.90 bits per heavy atom. The first kappa shape index (κ1) is 15.0. The molecule has 2 unspecified atom stereocenters. The highest BCUT2D eigenvalue weighted by Gasteiger charge is 2.38. The molecule has 110 valence electrons. The minimum absolute atomic E-state index is 0.187. The summed E-state index contributed by atoms with van der Waals surface area (Å²) in [4.78, 5) is 24.3. The first-order valence-electron chi connectivity index (χ1n) is 6.69. The Morgan fingerprint density at radius 1 is 1.24 bits per heavy atom. The number of carboxylic acids is 2. The number of piperidine rings is 1. The van der Waals surface area contributed by atoms with E-state index < -0.39 is 23.8 Å². The van der Waals surface area contributed by atoms with Crippen LogP contribution in [0.3, 0.4) is 0 Å². The SMILES string of the molecule is N#Cc1ccccc1CN1CCC(C(=O)O)C(C(=O)O)C1. The van der Waals surface area contributed by atoms with Crippen molar-refractivity contribution in [3.8, 4) is 6.07 Å². The molecule has 1 saturated heterocycles. The van der Waals surface area contributed by atoms with E-state index in [0.717, 1.165) is 5.56 Å². The summed E-state index contributed by atoms with van der Waals surface area (Å²) in [5, 5.41) is 27.4. The predicted octanol–water partition coefficient (Wildman–Crippen LogP) is 1.17. The molecule has 1 heterocycles. The molecule has 2 atom stereocenters. The summed E-state index contributed by atoms with van der Waals surface area (Å²) >= 11 is 0. The number of carboxylic acid groups (broad SMARTS) is 2. The van der Waals surface area contributed by atoms with Gasteiger partial charge >= 0.3 is 11.9 Å². The molecule has 2 rings (SSSR count). The molecule has 1 aliphatic rings. The van der Waals surface area contributed by atoms with E-state index in [1.807, 2.05) is 17.0 Å². The molecule has 1 aromatic rings. The van der Waals surface area contributed by atoms with Crippen molar-refractivity contribution >= 4 is 11.9 Å². The lowest BCUT2D eigenvalue weighted by atomic mass is 9.85. The molecule has 0 aliphatic carbocycles. The second kappa shape index (κ2) is 6.37. The number of nitrogens with zero attached hydrogens (tertiary/aromatic N) is 2.